The number of carbonyl (C=O) groups is 3. The molecule has 1 aromatic carbocycles. The fourth-order valence-corrected chi connectivity index (χ4v) is 2.69. The van der Waals surface area contributed by atoms with Crippen LogP contribution in [-0.4, -0.2) is 61.8 Å². The molecule has 1 aliphatic rings. The summed E-state index contributed by atoms with van der Waals surface area (Å²) < 4.78 is 4.73. The van der Waals surface area contributed by atoms with E-state index in [0.717, 1.165) is 31.6 Å². The molecular formula is C17H23N3O5. The number of esters is 1. The van der Waals surface area contributed by atoms with E-state index in [-0.39, 0.29) is 13.0 Å². The van der Waals surface area contributed by atoms with E-state index in [1.165, 1.54) is 19.1 Å². The van der Waals surface area contributed by atoms with Gasteiger partial charge >= 0.3 is 18.0 Å². The Labute approximate surface area is 146 Å². The fraction of sp³-hybridized carbons (Fsp3) is 0.471. The van der Waals surface area contributed by atoms with Gasteiger partial charge in [0.15, 0.2) is 0 Å². The third-order valence-corrected chi connectivity index (χ3v) is 4.11. The summed E-state index contributed by atoms with van der Waals surface area (Å²) in [4.78, 5) is 38.2. The fourth-order valence-electron chi connectivity index (χ4n) is 2.69. The predicted molar refractivity (Wildman–Crippen MR) is 93.1 cm³/mol. The van der Waals surface area contributed by atoms with Crippen LogP contribution in [0.15, 0.2) is 18.2 Å². The lowest BCUT2D eigenvalue weighted by Gasteiger charge is -2.24. The average molecular weight is 349 g/mol. The number of nitrogens with one attached hydrogen (secondary N) is 1. The molecule has 1 saturated heterocycles. The van der Waals surface area contributed by atoms with Crippen molar-refractivity contribution in [3.8, 4) is 0 Å². The lowest BCUT2D eigenvalue weighted by molar-refractivity contribution is -0.137. The van der Waals surface area contributed by atoms with Crippen LogP contribution >= 0.6 is 0 Å². The van der Waals surface area contributed by atoms with Gasteiger partial charge in [-0.05, 0) is 31.0 Å². The van der Waals surface area contributed by atoms with Gasteiger partial charge in [0.2, 0.25) is 0 Å². The lowest BCUT2D eigenvalue weighted by atomic mass is 10.1. The number of ether oxygens (including phenoxy) is 1. The lowest BCUT2D eigenvalue weighted by Crippen LogP contribution is -2.33. The molecule has 136 valence electrons. The molecule has 0 aromatic heterocycles. The van der Waals surface area contributed by atoms with E-state index in [0.29, 0.717) is 11.3 Å². The Kier molecular flexibility index (Phi) is 6.21. The summed E-state index contributed by atoms with van der Waals surface area (Å²) in [5, 5.41) is 11.5. The topological polar surface area (TPSA) is 99.2 Å². The molecule has 0 aliphatic carbocycles. The second-order valence-electron chi connectivity index (χ2n) is 5.91. The molecule has 0 unspecified atom stereocenters. The van der Waals surface area contributed by atoms with Gasteiger partial charge in [0.1, 0.15) is 0 Å². The molecule has 0 saturated carbocycles. The van der Waals surface area contributed by atoms with Crippen molar-refractivity contribution in [3.63, 3.8) is 0 Å². The van der Waals surface area contributed by atoms with E-state index in [4.69, 9.17) is 9.84 Å². The number of nitrogens with zero attached hydrogens (tertiary/aromatic N) is 2. The zero-order valence-electron chi connectivity index (χ0n) is 14.4. The highest BCUT2D eigenvalue weighted by Crippen LogP contribution is 2.30. The first-order valence-corrected chi connectivity index (χ1v) is 8.13. The first-order valence-electron chi connectivity index (χ1n) is 8.13. The van der Waals surface area contributed by atoms with E-state index < -0.39 is 18.0 Å². The molecule has 8 heteroatoms. The molecule has 1 heterocycles. The maximum Gasteiger partial charge on any atom is 0.337 e. The molecule has 0 radical (unpaired) electrons. The summed E-state index contributed by atoms with van der Waals surface area (Å²) in [6.45, 7) is 1.86. The Bertz CT molecular complexity index is 656. The van der Waals surface area contributed by atoms with Gasteiger partial charge in [0.05, 0.1) is 30.5 Å². The molecule has 0 atom stereocenters. The van der Waals surface area contributed by atoms with E-state index in [2.05, 4.69) is 10.2 Å². The summed E-state index contributed by atoms with van der Waals surface area (Å²) >= 11 is 0. The maximum atomic E-state index is 12.3. The number of aliphatic carboxylic acids is 1. The smallest absolute Gasteiger partial charge is 0.337 e. The number of amides is 2. The highest BCUT2D eigenvalue weighted by molar-refractivity contribution is 5.97. The number of carboxylic acids is 1. The van der Waals surface area contributed by atoms with Crippen LogP contribution in [0.3, 0.4) is 0 Å². The van der Waals surface area contributed by atoms with E-state index in [1.807, 2.05) is 0 Å². The van der Waals surface area contributed by atoms with Crippen molar-refractivity contribution in [2.24, 2.45) is 0 Å². The number of anilines is 2. The number of methoxy groups -OCH3 is 1. The monoisotopic (exact) mass is 349 g/mol. The summed E-state index contributed by atoms with van der Waals surface area (Å²) in [6.07, 6.45) is 2.01. The normalized spacial score (nSPS) is 13.4. The van der Waals surface area contributed by atoms with Crippen molar-refractivity contribution < 1.29 is 24.2 Å². The maximum absolute atomic E-state index is 12.3. The third-order valence-electron chi connectivity index (χ3n) is 4.11. The van der Waals surface area contributed by atoms with E-state index in [9.17, 15) is 14.4 Å². The van der Waals surface area contributed by atoms with Gasteiger partial charge in [-0.25, -0.2) is 9.59 Å². The Hall–Kier alpha value is -2.77. The van der Waals surface area contributed by atoms with Gasteiger partial charge in [0.25, 0.3) is 0 Å². The van der Waals surface area contributed by atoms with Crippen LogP contribution in [0.1, 0.15) is 29.6 Å². The van der Waals surface area contributed by atoms with Crippen molar-refractivity contribution in [2.45, 2.75) is 19.3 Å². The molecule has 0 spiro atoms. The van der Waals surface area contributed by atoms with Crippen LogP contribution in [0, 0.1) is 0 Å². The average Bonchev–Trinajstić information content (AvgIpc) is 3.13. The third kappa shape index (κ3) is 4.85. The number of carbonyl (C=O) groups excluding carboxylic acids is 2. The van der Waals surface area contributed by atoms with Crippen LogP contribution in [0.4, 0.5) is 16.2 Å². The van der Waals surface area contributed by atoms with Gasteiger partial charge < -0.3 is 25.0 Å². The van der Waals surface area contributed by atoms with Crippen LogP contribution in [0.5, 0.6) is 0 Å². The summed E-state index contributed by atoms with van der Waals surface area (Å²) in [6, 6.07) is 4.62. The van der Waals surface area contributed by atoms with Gasteiger partial charge in [-0.2, -0.15) is 0 Å². The number of carboxylic acid groups (broad SMARTS) is 1. The highest BCUT2D eigenvalue weighted by atomic mass is 16.5. The summed E-state index contributed by atoms with van der Waals surface area (Å²) in [5.41, 5.74) is 1.69. The van der Waals surface area contributed by atoms with Crippen molar-refractivity contribution in [2.75, 3.05) is 44.0 Å². The van der Waals surface area contributed by atoms with Crippen molar-refractivity contribution in [3.05, 3.63) is 23.8 Å². The minimum absolute atomic E-state index is 0.0942. The first kappa shape index (κ1) is 18.6. The quantitative estimate of drug-likeness (QED) is 0.762. The minimum Gasteiger partial charge on any atom is -0.481 e. The molecule has 2 rings (SSSR count). The summed E-state index contributed by atoms with van der Waals surface area (Å²) in [7, 11) is 2.83. The zero-order valence-corrected chi connectivity index (χ0v) is 14.4. The molecule has 1 aromatic rings. The molecule has 8 nitrogen and oxygen atoms in total. The van der Waals surface area contributed by atoms with Gasteiger partial charge in [0, 0.05) is 26.7 Å². The second-order valence-corrected chi connectivity index (χ2v) is 5.91. The number of benzene rings is 1. The van der Waals surface area contributed by atoms with Gasteiger partial charge in [-0.1, -0.05) is 0 Å². The molecule has 1 aliphatic heterocycles. The van der Waals surface area contributed by atoms with Crippen molar-refractivity contribution >= 4 is 29.3 Å². The standard InChI is InChI=1S/C17H23N3O5/c1-19(10-7-15(21)22)17(24)18-13-11-12(16(23)25-2)5-6-14(13)20-8-3-4-9-20/h5-6,11H,3-4,7-10H2,1-2H3,(H,18,24)(H,21,22). The van der Waals surface area contributed by atoms with Crippen LogP contribution < -0.4 is 10.2 Å². The molecule has 1 fully saturated rings. The van der Waals surface area contributed by atoms with E-state index >= 15 is 0 Å². The largest absolute Gasteiger partial charge is 0.481 e. The van der Waals surface area contributed by atoms with Crippen molar-refractivity contribution in [1.29, 1.82) is 0 Å². The Balaban J connectivity index is 2.21. The molecular weight excluding hydrogens is 326 g/mol. The number of urea groups is 1. The Morgan fingerprint density at radius 1 is 1.28 bits per heavy atom. The number of rotatable bonds is 6. The summed E-state index contributed by atoms with van der Waals surface area (Å²) in [5.74, 6) is -1.45. The second kappa shape index (κ2) is 8.36. The van der Waals surface area contributed by atoms with Crippen LogP contribution in [-0.2, 0) is 9.53 Å². The molecule has 0 bridgehead atoms. The zero-order chi connectivity index (χ0) is 18.4. The first-order chi connectivity index (χ1) is 11.9. The minimum atomic E-state index is -0.968. The van der Waals surface area contributed by atoms with E-state index in [1.54, 1.807) is 18.2 Å². The van der Waals surface area contributed by atoms with Crippen molar-refractivity contribution in [1.82, 2.24) is 4.90 Å². The molecule has 2 amide bonds. The van der Waals surface area contributed by atoms with Crippen LogP contribution in [0.2, 0.25) is 0 Å². The van der Waals surface area contributed by atoms with Gasteiger partial charge in [-0.15, -0.1) is 0 Å². The number of hydrogen-bond acceptors (Lipinski definition) is 5. The highest BCUT2D eigenvalue weighted by Gasteiger charge is 2.20. The predicted octanol–water partition coefficient (Wildman–Crippen LogP) is 2.01. The van der Waals surface area contributed by atoms with Crippen LogP contribution in [0.25, 0.3) is 0 Å². The Morgan fingerprint density at radius 2 is 1.96 bits per heavy atom. The molecule has 25 heavy (non-hydrogen) atoms. The molecule has 2 N–H and O–H groups in total. The Morgan fingerprint density at radius 3 is 2.56 bits per heavy atom. The SMILES string of the molecule is COC(=O)c1ccc(N2CCCC2)c(NC(=O)N(C)CCC(=O)O)c1. The van der Waals surface area contributed by atoms with Gasteiger partial charge in [-0.3, -0.25) is 4.79 Å². The number of hydrogen-bond donors (Lipinski definition) is 2.